The lowest BCUT2D eigenvalue weighted by Crippen LogP contribution is -2.38. The zero-order chi connectivity index (χ0) is 17.7. The van der Waals surface area contributed by atoms with Gasteiger partial charge in [0.05, 0.1) is 4.90 Å². The van der Waals surface area contributed by atoms with Crippen molar-refractivity contribution in [3.05, 3.63) is 51.8 Å². The van der Waals surface area contributed by atoms with Gasteiger partial charge in [-0.2, -0.15) is 15.2 Å². The first kappa shape index (κ1) is 17.3. The van der Waals surface area contributed by atoms with Crippen molar-refractivity contribution in [3.8, 4) is 12.1 Å². The van der Waals surface area contributed by atoms with Gasteiger partial charge < -0.3 is 11.1 Å². The van der Waals surface area contributed by atoms with E-state index < -0.39 is 5.56 Å². The van der Waals surface area contributed by atoms with Crippen molar-refractivity contribution < 1.29 is 0 Å². The maximum absolute atomic E-state index is 12.4. The standard InChI is InChI=1S/C15H12N6OS2/c1-24-12-10(7-16)13(18)21(14(22)11(12)8-17)20-15(23)19-9-5-3-2-4-6-9/h2-6H,18H2,1H3,(H2,19,20,23). The number of hydrogen-bond acceptors (Lipinski definition) is 6. The Hall–Kier alpha value is -3.01. The molecule has 1 heterocycles. The van der Waals surface area contributed by atoms with Gasteiger partial charge in [0.1, 0.15) is 29.1 Å². The molecule has 2 rings (SSSR count). The fraction of sp³-hybridized carbons (Fsp3) is 0.0667. The topological polar surface area (TPSA) is 120 Å². The first-order valence-electron chi connectivity index (χ1n) is 6.59. The summed E-state index contributed by atoms with van der Waals surface area (Å²) >= 11 is 6.26. The number of nitrogens with one attached hydrogen (secondary N) is 2. The number of benzene rings is 1. The molecule has 7 nitrogen and oxygen atoms in total. The number of thiocarbonyl (C=S) groups is 1. The van der Waals surface area contributed by atoms with Gasteiger partial charge in [-0.15, -0.1) is 11.8 Å². The minimum absolute atomic E-state index is 0.0497. The number of nitrogens with zero attached hydrogens (tertiary/aromatic N) is 3. The lowest BCUT2D eigenvalue weighted by atomic mass is 10.2. The summed E-state index contributed by atoms with van der Waals surface area (Å²) in [5.74, 6) is -0.108. The summed E-state index contributed by atoms with van der Waals surface area (Å²) in [4.78, 5) is 12.7. The number of para-hydroxylation sites is 1. The summed E-state index contributed by atoms with van der Waals surface area (Å²) in [7, 11) is 0. The Morgan fingerprint density at radius 1 is 1.25 bits per heavy atom. The van der Waals surface area contributed by atoms with Crippen molar-refractivity contribution in [1.82, 2.24) is 4.68 Å². The lowest BCUT2D eigenvalue weighted by molar-refractivity contribution is 0.906. The van der Waals surface area contributed by atoms with Gasteiger partial charge >= 0.3 is 0 Å². The first-order valence-corrected chi connectivity index (χ1v) is 8.22. The average molecular weight is 356 g/mol. The van der Waals surface area contributed by atoms with E-state index in [2.05, 4.69) is 10.7 Å². The largest absolute Gasteiger partial charge is 0.382 e. The molecule has 0 spiro atoms. The third-order valence-corrected chi connectivity index (χ3v) is 4.05. The third-order valence-electron chi connectivity index (χ3n) is 3.04. The zero-order valence-corrected chi connectivity index (χ0v) is 14.2. The van der Waals surface area contributed by atoms with E-state index in [-0.39, 0.29) is 27.0 Å². The monoisotopic (exact) mass is 356 g/mol. The number of nitrogens with two attached hydrogens (primary N) is 1. The van der Waals surface area contributed by atoms with Gasteiger partial charge in [0.15, 0.2) is 5.11 Å². The van der Waals surface area contributed by atoms with E-state index in [9.17, 15) is 15.3 Å². The molecule has 0 aliphatic carbocycles. The second kappa shape index (κ2) is 7.51. The van der Waals surface area contributed by atoms with Gasteiger partial charge in [-0.1, -0.05) is 18.2 Å². The van der Waals surface area contributed by atoms with E-state index in [1.807, 2.05) is 30.3 Å². The minimum atomic E-state index is -0.671. The van der Waals surface area contributed by atoms with Crippen LogP contribution >= 0.6 is 24.0 Å². The SMILES string of the molecule is CSc1c(C#N)c(N)n(NC(=S)Nc2ccccc2)c(=O)c1C#N. The summed E-state index contributed by atoms with van der Waals surface area (Å²) in [5.41, 5.74) is 8.45. The Morgan fingerprint density at radius 3 is 2.42 bits per heavy atom. The quantitative estimate of drug-likeness (QED) is 0.563. The van der Waals surface area contributed by atoms with E-state index in [1.54, 1.807) is 18.4 Å². The molecule has 0 saturated carbocycles. The number of pyridine rings is 1. The predicted molar refractivity (Wildman–Crippen MR) is 98.3 cm³/mol. The van der Waals surface area contributed by atoms with Crippen molar-refractivity contribution in [3.63, 3.8) is 0 Å². The van der Waals surface area contributed by atoms with Crippen molar-refractivity contribution in [2.24, 2.45) is 0 Å². The van der Waals surface area contributed by atoms with Crippen LogP contribution in [-0.4, -0.2) is 16.0 Å². The Balaban J connectivity index is 2.44. The molecule has 0 unspecified atom stereocenters. The molecule has 2 aromatic rings. The smallest absolute Gasteiger partial charge is 0.290 e. The molecule has 0 atom stereocenters. The molecule has 0 bridgehead atoms. The van der Waals surface area contributed by atoms with Crippen molar-refractivity contribution in [1.29, 1.82) is 10.5 Å². The molecule has 0 fully saturated rings. The van der Waals surface area contributed by atoms with Crippen LogP contribution in [0.2, 0.25) is 0 Å². The summed E-state index contributed by atoms with van der Waals surface area (Å²) in [5, 5.41) is 21.5. The molecular formula is C15H12N6OS2. The Bertz CT molecular complexity index is 924. The number of thioether (sulfide) groups is 1. The van der Waals surface area contributed by atoms with Crippen LogP contribution in [0.3, 0.4) is 0 Å². The number of anilines is 2. The van der Waals surface area contributed by atoms with Gasteiger partial charge in [0.25, 0.3) is 5.56 Å². The van der Waals surface area contributed by atoms with E-state index in [0.29, 0.717) is 5.69 Å². The first-order chi connectivity index (χ1) is 11.5. The van der Waals surface area contributed by atoms with Crippen molar-refractivity contribution in [2.45, 2.75) is 4.90 Å². The maximum atomic E-state index is 12.4. The van der Waals surface area contributed by atoms with Crippen LogP contribution in [-0.2, 0) is 0 Å². The summed E-state index contributed by atoms with van der Waals surface area (Å²) in [6, 6.07) is 12.8. The van der Waals surface area contributed by atoms with Gasteiger partial charge in [-0.3, -0.25) is 10.2 Å². The molecule has 9 heteroatoms. The number of nitriles is 2. The van der Waals surface area contributed by atoms with Gasteiger partial charge in [0.2, 0.25) is 0 Å². The van der Waals surface area contributed by atoms with Crippen molar-refractivity contribution in [2.75, 3.05) is 22.7 Å². The highest BCUT2D eigenvalue weighted by atomic mass is 32.2. The Kier molecular flexibility index (Phi) is 5.42. The van der Waals surface area contributed by atoms with Crippen LogP contribution in [0.25, 0.3) is 0 Å². The van der Waals surface area contributed by atoms with Crippen molar-refractivity contribution >= 4 is 40.6 Å². The molecule has 1 aromatic heterocycles. The van der Waals surface area contributed by atoms with Crippen LogP contribution in [0.5, 0.6) is 0 Å². The average Bonchev–Trinajstić information content (AvgIpc) is 2.59. The summed E-state index contributed by atoms with van der Waals surface area (Å²) in [6.07, 6.45) is 1.66. The number of hydrogen-bond donors (Lipinski definition) is 3. The maximum Gasteiger partial charge on any atom is 0.290 e. The second-order valence-electron chi connectivity index (χ2n) is 4.46. The molecule has 4 N–H and O–H groups in total. The highest BCUT2D eigenvalue weighted by Crippen LogP contribution is 2.25. The summed E-state index contributed by atoms with van der Waals surface area (Å²) < 4.78 is 0.898. The summed E-state index contributed by atoms with van der Waals surface area (Å²) in [6.45, 7) is 0. The molecule has 0 radical (unpaired) electrons. The number of aromatic nitrogens is 1. The van der Waals surface area contributed by atoms with E-state index >= 15 is 0 Å². The van der Waals surface area contributed by atoms with E-state index in [1.165, 1.54) is 0 Å². The van der Waals surface area contributed by atoms with Gasteiger partial charge in [-0.05, 0) is 30.6 Å². The molecule has 0 aliphatic heterocycles. The predicted octanol–water partition coefficient (Wildman–Crippen LogP) is 1.84. The minimum Gasteiger partial charge on any atom is -0.382 e. The zero-order valence-electron chi connectivity index (χ0n) is 12.5. The van der Waals surface area contributed by atoms with E-state index in [0.717, 1.165) is 16.4 Å². The second-order valence-corrected chi connectivity index (χ2v) is 5.69. The fourth-order valence-corrected chi connectivity index (χ4v) is 2.88. The van der Waals surface area contributed by atoms with Crippen LogP contribution in [0.1, 0.15) is 11.1 Å². The molecule has 24 heavy (non-hydrogen) atoms. The normalized spacial score (nSPS) is 9.62. The lowest BCUT2D eigenvalue weighted by Gasteiger charge is -2.17. The van der Waals surface area contributed by atoms with Crippen LogP contribution in [0, 0.1) is 22.7 Å². The van der Waals surface area contributed by atoms with Crippen LogP contribution < -0.4 is 22.0 Å². The fourth-order valence-electron chi connectivity index (χ4n) is 1.98. The molecule has 1 aromatic carbocycles. The van der Waals surface area contributed by atoms with Gasteiger partial charge in [-0.25, -0.2) is 0 Å². The Morgan fingerprint density at radius 2 is 1.88 bits per heavy atom. The molecule has 120 valence electrons. The number of nitrogen functional groups attached to an aromatic ring is 1. The third kappa shape index (κ3) is 3.33. The van der Waals surface area contributed by atoms with Crippen LogP contribution in [0.4, 0.5) is 11.5 Å². The molecule has 0 aliphatic rings. The Labute approximate surface area is 147 Å². The van der Waals surface area contributed by atoms with E-state index in [4.69, 9.17) is 18.0 Å². The highest BCUT2D eigenvalue weighted by molar-refractivity contribution is 7.98. The van der Waals surface area contributed by atoms with Crippen LogP contribution in [0.15, 0.2) is 40.0 Å². The molecule has 0 amide bonds. The van der Waals surface area contributed by atoms with Gasteiger partial charge in [0, 0.05) is 5.69 Å². The highest BCUT2D eigenvalue weighted by Gasteiger charge is 2.20. The number of rotatable bonds is 3. The molecule has 0 saturated heterocycles. The molecular weight excluding hydrogens is 344 g/mol.